The molecule has 0 aromatic heterocycles. The van der Waals surface area contributed by atoms with Crippen LogP contribution in [-0.4, -0.2) is 43.8 Å². The molecule has 3 heteroatoms. The highest BCUT2D eigenvalue weighted by Gasteiger charge is 2.21. The molecule has 2 unspecified atom stereocenters. The first kappa shape index (κ1) is 12.9. The maximum atomic E-state index is 5.99. The molecule has 0 spiro atoms. The van der Waals surface area contributed by atoms with E-state index in [1.165, 1.54) is 13.0 Å². The summed E-state index contributed by atoms with van der Waals surface area (Å²) in [5.41, 5.74) is 5.99. The molecule has 2 N–H and O–H groups in total. The minimum Gasteiger partial charge on any atom is -0.380 e. The van der Waals surface area contributed by atoms with E-state index in [9.17, 15) is 0 Å². The average molecular weight is 214 g/mol. The lowest BCUT2D eigenvalue weighted by Gasteiger charge is -2.34. The van der Waals surface area contributed by atoms with Crippen molar-refractivity contribution in [2.24, 2.45) is 17.6 Å². The van der Waals surface area contributed by atoms with Crippen molar-refractivity contribution >= 4 is 0 Å². The van der Waals surface area contributed by atoms with E-state index in [-0.39, 0.29) is 0 Å². The lowest BCUT2D eigenvalue weighted by Crippen LogP contribution is -2.47. The highest BCUT2D eigenvalue weighted by molar-refractivity contribution is 4.78. The summed E-state index contributed by atoms with van der Waals surface area (Å²) in [6, 6.07) is 0.360. The van der Waals surface area contributed by atoms with Crippen LogP contribution in [0.4, 0.5) is 0 Å². The fourth-order valence-electron chi connectivity index (χ4n) is 2.21. The molecule has 1 saturated heterocycles. The molecule has 15 heavy (non-hydrogen) atoms. The predicted octanol–water partition coefficient (Wildman–Crippen LogP) is 1.33. The van der Waals surface area contributed by atoms with Crippen LogP contribution in [-0.2, 0) is 4.74 Å². The van der Waals surface area contributed by atoms with Gasteiger partial charge >= 0.3 is 0 Å². The fraction of sp³-hybridized carbons (Fsp3) is 1.00. The molecule has 0 aromatic rings. The van der Waals surface area contributed by atoms with Gasteiger partial charge in [0.2, 0.25) is 0 Å². The standard InChI is InChI=1S/C12H26N2O/c1-10(2)9-15-5-4-14-7-11(3)6-12(13)8-14/h10-12H,4-9,13H2,1-3H3. The molecule has 0 aromatic carbocycles. The lowest BCUT2D eigenvalue weighted by molar-refractivity contribution is 0.0690. The predicted molar refractivity (Wildman–Crippen MR) is 63.9 cm³/mol. The number of piperidine rings is 1. The Morgan fingerprint density at radius 1 is 1.40 bits per heavy atom. The van der Waals surface area contributed by atoms with Crippen molar-refractivity contribution < 1.29 is 4.74 Å². The van der Waals surface area contributed by atoms with Gasteiger partial charge in [0.15, 0.2) is 0 Å². The third-order valence-electron chi connectivity index (χ3n) is 2.77. The van der Waals surface area contributed by atoms with Crippen molar-refractivity contribution in [2.75, 3.05) is 32.8 Å². The quantitative estimate of drug-likeness (QED) is 0.702. The minimum absolute atomic E-state index is 0.360. The highest BCUT2D eigenvalue weighted by Crippen LogP contribution is 2.14. The van der Waals surface area contributed by atoms with Crippen LogP contribution in [0.15, 0.2) is 0 Å². The van der Waals surface area contributed by atoms with Gasteiger partial charge in [-0.15, -0.1) is 0 Å². The second kappa shape index (κ2) is 6.46. The molecule has 3 nitrogen and oxygen atoms in total. The first-order valence-electron chi connectivity index (χ1n) is 6.13. The second-order valence-corrected chi connectivity index (χ2v) is 5.33. The second-order valence-electron chi connectivity index (χ2n) is 5.33. The molecule has 2 atom stereocenters. The molecular formula is C12H26N2O. The van der Waals surface area contributed by atoms with E-state index in [0.717, 1.165) is 32.2 Å². The number of nitrogens with zero attached hydrogens (tertiary/aromatic N) is 1. The van der Waals surface area contributed by atoms with Crippen LogP contribution < -0.4 is 5.73 Å². The van der Waals surface area contributed by atoms with Crippen LogP contribution in [0.25, 0.3) is 0 Å². The van der Waals surface area contributed by atoms with E-state index in [0.29, 0.717) is 12.0 Å². The first-order valence-corrected chi connectivity index (χ1v) is 6.13. The summed E-state index contributed by atoms with van der Waals surface area (Å²) in [6.45, 7) is 11.6. The molecule has 1 aliphatic rings. The van der Waals surface area contributed by atoms with E-state index in [1.807, 2.05) is 0 Å². The van der Waals surface area contributed by atoms with Crippen molar-refractivity contribution in [2.45, 2.75) is 33.2 Å². The molecule has 0 saturated carbocycles. The number of likely N-dealkylation sites (tertiary alicyclic amines) is 1. The molecule has 0 bridgehead atoms. The summed E-state index contributed by atoms with van der Waals surface area (Å²) in [5.74, 6) is 1.37. The van der Waals surface area contributed by atoms with Crippen molar-refractivity contribution in [1.29, 1.82) is 0 Å². The maximum Gasteiger partial charge on any atom is 0.0593 e. The zero-order valence-corrected chi connectivity index (χ0v) is 10.4. The number of ether oxygens (including phenoxy) is 1. The topological polar surface area (TPSA) is 38.5 Å². The summed E-state index contributed by atoms with van der Waals surface area (Å²) < 4.78 is 5.59. The van der Waals surface area contributed by atoms with Gasteiger partial charge in [0.25, 0.3) is 0 Å². The Morgan fingerprint density at radius 2 is 2.13 bits per heavy atom. The normalized spacial score (nSPS) is 28.6. The summed E-state index contributed by atoms with van der Waals surface area (Å²) in [5, 5.41) is 0. The Hall–Kier alpha value is -0.120. The monoisotopic (exact) mass is 214 g/mol. The van der Waals surface area contributed by atoms with Crippen LogP contribution in [0.5, 0.6) is 0 Å². The maximum absolute atomic E-state index is 5.99. The molecule has 1 aliphatic heterocycles. The highest BCUT2D eigenvalue weighted by atomic mass is 16.5. The van der Waals surface area contributed by atoms with E-state index in [4.69, 9.17) is 10.5 Å². The Balaban J connectivity index is 2.10. The van der Waals surface area contributed by atoms with Crippen molar-refractivity contribution in [3.8, 4) is 0 Å². The molecule has 90 valence electrons. The van der Waals surface area contributed by atoms with E-state index < -0.39 is 0 Å². The van der Waals surface area contributed by atoms with Gasteiger partial charge in [-0.25, -0.2) is 0 Å². The van der Waals surface area contributed by atoms with Crippen LogP contribution in [0.1, 0.15) is 27.2 Å². The van der Waals surface area contributed by atoms with Gasteiger partial charge in [-0.3, -0.25) is 4.90 Å². The van der Waals surface area contributed by atoms with Gasteiger partial charge in [-0.2, -0.15) is 0 Å². The molecular weight excluding hydrogens is 188 g/mol. The van der Waals surface area contributed by atoms with Gasteiger partial charge in [-0.1, -0.05) is 20.8 Å². The lowest BCUT2D eigenvalue weighted by atomic mass is 9.97. The number of hydrogen-bond donors (Lipinski definition) is 1. The van der Waals surface area contributed by atoms with Gasteiger partial charge in [0.05, 0.1) is 6.61 Å². The van der Waals surface area contributed by atoms with E-state index in [1.54, 1.807) is 0 Å². The zero-order valence-electron chi connectivity index (χ0n) is 10.4. The smallest absolute Gasteiger partial charge is 0.0593 e. The third kappa shape index (κ3) is 5.50. The van der Waals surface area contributed by atoms with Gasteiger partial charge in [0.1, 0.15) is 0 Å². The van der Waals surface area contributed by atoms with Crippen LogP contribution >= 0.6 is 0 Å². The Morgan fingerprint density at radius 3 is 2.73 bits per heavy atom. The van der Waals surface area contributed by atoms with E-state index >= 15 is 0 Å². The zero-order chi connectivity index (χ0) is 11.3. The molecule has 0 aliphatic carbocycles. The largest absolute Gasteiger partial charge is 0.380 e. The summed E-state index contributed by atoms with van der Waals surface area (Å²) >= 11 is 0. The summed E-state index contributed by atoms with van der Waals surface area (Å²) in [6.07, 6.45) is 1.17. The third-order valence-corrected chi connectivity index (χ3v) is 2.77. The number of hydrogen-bond acceptors (Lipinski definition) is 3. The average Bonchev–Trinajstić information content (AvgIpc) is 2.10. The van der Waals surface area contributed by atoms with Crippen LogP contribution in [0, 0.1) is 11.8 Å². The SMILES string of the molecule is CC(C)COCCN1CC(C)CC(N)C1. The summed E-state index contributed by atoms with van der Waals surface area (Å²) in [7, 11) is 0. The van der Waals surface area contributed by atoms with Crippen molar-refractivity contribution in [3.05, 3.63) is 0 Å². The van der Waals surface area contributed by atoms with E-state index in [2.05, 4.69) is 25.7 Å². The van der Waals surface area contributed by atoms with Crippen LogP contribution in [0.2, 0.25) is 0 Å². The fourth-order valence-corrected chi connectivity index (χ4v) is 2.21. The Kier molecular flexibility index (Phi) is 5.58. The van der Waals surface area contributed by atoms with Crippen molar-refractivity contribution in [1.82, 2.24) is 4.90 Å². The summed E-state index contributed by atoms with van der Waals surface area (Å²) in [4.78, 5) is 2.43. The Labute approximate surface area is 94.0 Å². The molecule has 0 radical (unpaired) electrons. The van der Waals surface area contributed by atoms with Gasteiger partial charge in [-0.05, 0) is 18.3 Å². The molecule has 0 amide bonds. The molecule has 1 fully saturated rings. The van der Waals surface area contributed by atoms with Gasteiger partial charge in [0, 0.05) is 32.3 Å². The number of rotatable bonds is 5. The van der Waals surface area contributed by atoms with Crippen molar-refractivity contribution in [3.63, 3.8) is 0 Å². The first-order chi connectivity index (χ1) is 7.08. The molecule has 1 heterocycles. The van der Waals surface area contributed by atoms with Crippen LogP contribution in [0.3, 0.4) is 0 Å². The number of nitrogens with two attached hydrogens (primary N) is 1. The van der Waals surface area contributed by atoms with Gasteiger partial charge < -0.3 is 10.5 Å². The molecule has 1 rings (SSSR count). The Bertz CT molecular complexity index is 163. The minimum atomic E-state index is 0.360.